The van der Waals surface area contributed by atoms with Gasteiger partial charge in [0.25, 0.3) is 5.91 Å². The Hall–Kier alpha value is -0.610. The van der Waals surface area contributed by atoms with Crippen LogP contribution >= 0.6 is 0 Å². The number of amides is 1. The van der Waals surface area contributed by atoms with Gasteiger partial charge in [0, 0.05) is 25.7 Å². The number of hydrogen-bond donors (Lipinski definition) is 1. The van der Waals surface area contributed by atoms with Crippen LogP contribution in [0.3, 0.4) is 0 Å². The summed E-state index contributed by atoms with van der Waals surface area (Å²) in [5.41, 5.74) is 0. The lowest BCUT2D eigenvalue weighted by molar-refractivity contribution is -0.143. The van der Waals surface area contributed by atoms with E-state index in [0.717, 1.165) is 19.6 Å². The van der Waals surface area contributed by atoms with Crippen LogP contribution in [-0.4, -0.2) is 59.6 Å². The number of carbonyl (C=O) groups excluding carboxylic acids is 1. The maximum atomic E-state index is 11.5. The zero-order chi connectivity index (χ0) is 10.0. The maximum Gasteiger partial charge on any atom is 0.251 e. The summed E-state index contributed by atoms with van der Waals surface area (Å²) in [4.78, 5) is 15.4. The van der Waals surface area contributed by atoms with Gasteiger partial charge < -0.3 is 14.9 Å². The number of aliphatic hydroxyl groups excluding tert-OH is 1. The van der Waals surface area contributed by atoms with Crippen molar-refractivity contribution in [2.24, 2.45) is 0 Å². The molecule has 4 heteroatoms. The van der Waals surface area contributed by atoms with E-state index in [0.29, 0.717) is 0 Å². The number of hydrogen-bond acceptors (Lipinski definition) is 3. The van der Waals surface area contributed by atoms with E-state index < -0.39 is 6.10 Å². The summed E-state index contributed by atoms with van der Waals surface area (Å²) in [5.74, 6) is -0.152. The average Bonchev–Trinajstić information content (AvgIpc) is 2.03. The van der Waals surface area contributed by atoms with Crippen LogP contribution in [0.1, 0.15) is 13.8 Å². The standard InChI is InChI=1S/C9H18N2O2/c1-7-6-10(3)4-5-11(7)9(13)8(2)12/h7-8,12H,4-6H2,1-3H3. The quantitative estimate of drug-likeness (QED) is 0.602. The summed E-state index contributed by atoms with van der Waals surface area (Å²) < 4.78 is 0. The highest BCUT2D eigenvalue weighted by Gasteiger charge is 2.27. The van der Waals surface area contributed by atoms with E-state index >= 15 is 0 Å². The Labute approximate surface area is 79.1 Å². The molecule has 0 aromatic carbocycles. The first-order valence-electron chi connectivity index (χ1n) is 4.69. The molecular formula is C9H18N2O2. The Morgan fingerprint density at radius 1 is 1.54 bits per heavy atom. The van der Waals surface area contributed by atoms with Crippen LogP contribution in [-0.2, 0) is 4.79 Å². The molecule has 2 atom stereocenters. The number of aliphatic hydroxyl groups is 1. The van der Waals surface area contributed by atoms with Gasteiger partial charge in [-0.2, -0.15) is 0 Å². The summed E-state index contributed by atoms with van der Waals surface area (Å²) in [6.07, 6.45) is -0.870. The molecule has 1 aliphatic heterocycles. The van der Waals surface area contributed by atoms with Crippen LogP contribution < -0.4 is 0 Å². The van der Waals surface area contributed by atoms with Crippen molar-refractivity contribution in [1.82, 2.24) is 9.80 Å². The Morgan fingerprint density at radius 3 is 2.62 bits per heavy atom. The first-order chi connectivity index (χ1) is 6.02. The predicted molar refractivity (Wildman–Crippen MR) is 50.4 cm³/mol. The Bertz CT molecular complexity index is 194. The minimum atomic E-state index is -0.870. The Kier molecular flexibility index (Phi) is 3.27. The van der Waals surface area contributed by atoms with Gasteiger partial charge in [0.15, 0.2) is 0 Å². The summed E-state index contributed by atoms with van der Waals surface area (Å²) in [7, 11) is 2.04. The van der Waals surface area contributed by atoms with Crippen LogP contribution in [0.4, 0.5) is 0 Å². The van der Waals surface area contributed by atoms with Crippen LogP contribution in [0.5, 0.6) is 0 Å². The van der Waals surface area contributed by atoms with E-state index in [4.69, 9.17) is 5.11 Å². The normalized spacial score (nSPS) is 27.4. The van der Waals surface area contributed by atoms with E-state index in [1.165, 1.54) is 6.92 Å². The van der Waals surface area contributed by atoms with Crippen molar-refractivity contribution < 1.29 is 9.90 Å². The topological polar surface area (TPSA) is 43.8 Å². The van der Waals surface area contributed by atoms with Gasteiger partial charge in [-0.05, 0) is 20.9 Å². The molecule has 76 valence electrons. The van der Waals surface area contributed by atoms with Crippen LogP contribution in [0.2, 0.25) is 0 Å². The van der Waals surface area contributed by atoms with Gasteiger partial charge in [0.2, 0.25) is 0 Å². The molecule has 2 unspecified atom stereocenters. The second kappa shape index (κ2) is 4.07. The molecule has 1 amide bonds. The fraction of sp³-hybridized carbons (Fsp3) is 0.889. The second-order valence-corrected chi connectivity index (χ2v) is 3.82. The Morgan fingerprint density at radius 2 is 2.15 bits per heavy atom. The number of rotatable bonds is 1. The minimum Gasteiger partial charge on any atom is -0.384 e. The number of carbonyl (C=O) groups is 1. The third kappa shape index (κ3) is 2.42. The largest absolute Gasteiger partial charge is 0.384 e. The molecule has 1 aliphatic rings. The fourth-order valence-electron chi connectivity index (χ4n) is 1.71. The molecule has 13 heavy (non-hydrogen) atoms. The minimum absolute atomic E-state index is 0.152. The highest BCUT2D eigenvalue weighted by atomic mass is 16.3. The lowest BCUT2D eigenvalue weighted by atomic mass is 10.2. The zero-order valence-corrected chi connectivity index (χ0v) is 8.53. The van der Waals surface area contributed by atoms with Crippen molar-refractivity contribution in [3.8, 4) is 0 Å². The zero-order valence-electron chi connectivity index (χ0n) is 8.53. The van der Waals surface area contributed by atoms with E-state index in [2.05, 4.69) is 4.90 Å². The maximum absolute atomic E-state index is 11.5. The molecule has 0 bridgehead atoms. The van der Waals surface area contributed by atoms with Gasteiger partial charge in [-0.1, -0.05) is 0 Å². The molecule has 1 N–H and O–H groups in total. The van der Waals surface area contributed by atoms with Crippen molar-refractivity contribution in [3.63, 3.8) is 0 Å². The van der Waals surface area contributed by atoms with E-state index in [9.17, 15) is 4.79 Å². The van der Waals surface area contributed by atoms with Crippen molar-refractivity contribution >= 4 is 5.91 Å². The lowest BCUT2D eigenvalue weighted by Gasteiger charge is -2.38. The summed E-state index contributed by atoms with van der Waals surface area (Å²) >= 11 is 0. The highest BCUT2D eigenvalue weighted by molar-refractivity contribution is 5.80. The molecule has 1 saturated heterocycles. The summed E-state index contributed by atoms with van der Waals surface area (Å²) in [5, 5.41) is 9.15. The second-order valence-electron chi connectivity index (χ2n) is 3.82. The number of likely N-dealkylation sites (N-methyl/N-ethyl adjacent to an activating group) is 1. The van der Waals surface area contributed by atoms with Gasteiger partial charge in [-0.25, -0.2) is 0 Å². The van der Waals surface area contributed by atoms with Crippen molar-refractivity contribution in [2.45, 2.75) is 26.0 Å². The first kappa shape index (κ1) is 10.5. The van der Waals surface area contributed by atoms with Gasteiger partial charge in [-0.15, -0.1) is 0 Å². The van der Waals surface area contributed by atoms with Crippen molar-refractivity contribution in [2.75, 3.05) is 26.7 Å². The number of nitrogens with zero attached hydrogens (tertiary/aromatic N) is 2. The van der Waals surface area contributed by atoms with Gasteiger partial charge >= 0.3 is 0 Å². The van der Waals surface area contributed by atoms with Crippen molar-refractivity contribution in [1.29, 1.82) is 0 Å². The smallest absolute Gasteiger partial charge is 0.251 e. The fourth-order valence-corrected chi connectivity index (χ4v) is 1.71. The molecule has 1 fully saturated rings. The summed E-state index contributed by atoms with van der Waals surface area (Å²) in [6.45, 7) is 6.03. The monoisotopic (exact) mass is 186 g/mol. The van der Waals surface area contributed by atoms with E-state index in [-0.39, 0.29) is 11.9 Å². The highest BCUT2D eigenvalue weighted by Crippen LogP contribution is 2.09. The summed E-state index contributed by atoms with van der Waals surface area (Å²) in [6, 6.07) is 0.209. The molecule has 0 radical (unpaired) electrons. The van der Waals surface area contributed by atoms with Crippen LogP contribution in [0.15, 0.2) is 0 Å². The van der Waals surface area contributed by atoms with Crippen LogP contribution in [0, 0.1) is 0 Å². The molecule has 0 aliphatic carbocycles. The molecule has 0 aromatic rings. The number of piperazine rings is 1. The van der Waals surface area contributed by atoms with E-state index in [1.807, 2.05) is 14.0 Å². The average molecular weight is 186 g/mol. The molecule has 4 nitrogen and oxygen atoms in total. The third-order valence-corrected chi connectivity index (χ3v) is 2.47. The molecule has 1 rings (SSSR count). The lowest BCUT2D eigenvalue weighted by Crippen LogP contribution is -2.54. The van der Waals surface area contributed by atoms with Crippen molar-refractivity contribution in [3.05, 3.63) is 0 Å². The molecule has 0 aromatic heterocycles. The van der Waals surface area contributed by atoms with Gasteiger partial charge in [0.05, 0.1) is 0 Å². The third-order valence-electron chi connectivity index (χ3n) is 2.47. The predicted octanol–water partition coefficient (Wildman–Crippen LogP) is -0.470. The van der Waals surface area contributed by atoms with Crippen LogP contribution in [0.25, 0.3) is 0 Å². The molecule has 1 heterocycles. The first-order valence-corrected chi connectivity index (χ1v) is 4.69. The van der Waals surface area contributed by atoms with Gasteiger partial charge in [-0.3, -0.25) is 4.79 Å². The van der Waals surface area contributed by atoms with Gasteiger partial charge in [0.1, 0.15) is 6.10 Å². The Balaban J connectivity index is 2.56. The van der Waals surface area contributed by atoms with E-state index in [1.54, 1.807) is 4.90 Å². The molecule has 0 spiro atoms. The molecule has 0 saturated carbocycles. The molecular weight excluding hydrogens is 168 g/mol. The SMILES string of the molecule is CC(O)C(=O)N1CCN(C)CC1C.